The number of hydrogen-bond donors (Lipinski definition) is 1. The van der Waals surface area contributed by atoms with E-state index in [1.165, 1.54) is 5.56 Å². The number of benzene rings is 1. The normalized spacial score (nSPS) is 15.2. The third kappa shape index (κ3) is 7.29. The molecule has 0 atom stereocenters. The van der Waals surface area contributed by atoms with E-state index < -0.39 is 0 Å². The van der Waals surface area contributed by atoms with Crippen LogP contribution in [0, 0.1) is 5.92 Å². The second kappa shape index (κ2) is 12.9. The van der Waals surface area contributed by atoms with Crippen LogP contribution in [-0.4, -0.2) is 50.2 Å². The highest BCUT2D eigenvalue weighted by Gasteiger charge is 2.27. The lowest BCUT2D eigenvalue weighted by Gasteiger charge is -2.33. The van der Waals surface area contributed by atoms with E-state index in [0.29, 0.717) is 19.8 Å². The highest BCUT2D eigenvalue weighted by molar-refractivity contribution is 14.0. The fraction of sp³-hybridized carbons (Fsp3) is 0.600. The summed E-state index contributed by atoms with van der Waals surface area (Å²) in [5.41, 5.74) is 2.33. The van der Waals surface area contributed by atoms with E-state index in [1.54, 1.807) is 7.11 Å². The number of carbonyl (C=O) groups is 1. The summed E-state index contributed by atoms with van der Waals surface area (Å²) in [5.74, 6) is 0.848. The molecule has 2 rings (SSSR count). The predicted octanol–water partition coefficient (Wildman–Crippen LogP) is 3.19. The first-order valence-electron chi connectivity index (χ1n) is 9.45. The van der Waals surface area contributed by atoms with E-state index in [0.717, 1.165) is 44.0 Å². The lowest BCUT2D eigenvalue weighted by atomic mass is 9.97. The Kier molecular flexibility index (Phi) is 11.3. The second-order valence-electron chi connectivity index (χ2n) is 6.39. The number of nitrogens with zero attached hydrogens (tertiary/aromatic N) is 2. The van der Waals surface area contributed by atoms with E-state index in [9.17, 15) is 4.79 Å². The number of guanidine groups is 1. The first-order chi connectivity index (χ1) is 12.7. The maximum Gasteiger partial charge on any atom is 0.309 e. The molecular weight excluding hydrogens is 457 g/mol. The molecule has 152 valence electrons. The number of nitrogens with one attached hydrogen (secondary N) is 1. The Labute approximate surface area is 179 Å². The number of carbonyl (C=O) groups excluding carboxylic acids is 1. The first-order valence-corrected chi connectivity index (χ1v) is 9.45. The van der Waals surface area contributed by atoms with E-state index >= 15 is 0 Å². The molecule has 0 radical (unpaired) electrons. The van der Waals surface area contributed by atoms with Gasteiger partial charge in [0.1, 0.15) is 0 Å². The third-order valence-corrected chi connectivity index (χ3v) is 4.57. The molecule has 7 heteroatoms. The van der Waals surface area contributed by atoms with Crippen LogP contribution >= 0.6 is 24.0 Å². The number of aliphatic imine (C=N–C) groups is 1. The van der Waals surface area contributed by atoms with E-state index in [-0.39, 0.29) is 35.9 Å². The van der Waals surface area contributed by atoms with Gasteiger partial charge in [0.05, 0.1) is 25.7 Å². The van der Waals surface area contributed by atoms with Gasteiger partial charge in [-0.15, -0.1) is 24.0 Å². The van der Waals surface area contributed by atoms with E-state index in [4.69, 9.17) is 14.5 Å². The molecule has 1 aromatic rings. The summed E-state index contributed by atoms with van der Waals surface area (Å²) < 4.78 is 10.4. The third-order valence-electron chi connectivity index (χ3n) is 4.57. The average Bonchev–Trinajstić information content (AvgIpc) is 2.67. The van der Waals surface area contributed by atoms with Crippen molar-refractivity contribution in [3.63, 3.8) is 0 Å². The van der Waals surface area contributed by atoms with Gasteiger partial charge in [-0.25, -0.2) is 4.99 Å². The minimum absolute atomic E-state index is 0. The van der Waals surface area contributed by atoms with Crippen LogP contribution in [0.2, 0.25) is 0 Å². The van der Waals surface area contributed by atoms with Crippen LogP contribution in [0.25, 0.3) is 0 Å². The van der Waals surface area contributed by atoms with Gasteiger partial charge in [0.2, 0.25) is 0 Å². The fourth-order valence-corrected chi connectivity index (χ4v) is 3.18. The van der Waals surface area contributed by atoms with Gasteiger partial charge in [-0.1, -0.05) is 24.3 Å². The molecule has 0 aliphatic carbocycles. The van der Waals surface area contributed by atoms with Crippen molar-refractivity contribution in [1.29, 1.82) is 0 Å². The molecule has 0 spiro atoms. The Hall–Kier alpha value is -1.35. The molecule has 1 aliphatic rings. The molecule has 1 fully saturated rings. The van der Waals surface area contributed by atoms with Crippen molar-refractivity contribution < 1.29 is 14.3 Å². The Morgan fingerprint density at radius 3 is 2.48 bits per heavy atom. The minimum atomic E-state index is -0.0671. The fourth-order valence-electron chi connectivity index (χ4n) is 3.18. The molecule has 1 aromatic carbocycles. The zero-order valence-corrected chi connectivity index (χ0v) is 18.9. The van der Waals surface area contributed by atoms with Crippen molar-refractivity contribution in [2.45, 2.75) is 39.8 Å². The highest BCUT2D eigenvalue weighted by atomic mass is 127. The number of rotatable bonds is 7. The number of ether oxygens (including phenoxy) is 2. The zero-order valence-electron chi connectivity index (χ0n) is 16.6. The molecule has 0 amide bonds. The maximum absolute atomic E-state index is 11.9. The molecule has 0 saturated carbocycles. The van der Waals surface area contributed by atoms with Crippen LogP contribution in [0.3, 0.4) is 0 Å². The molecule has 0 aromatic heterocycles. The Balaban J connectivity index is 0.00000364. The van der Waals surface area contributed by atoms with Crippen molar-refractivity contribution in [1.82, 2.24) is 10.2 Å². The largest absolute Gasteiger partial charge is 0.466 e. The minimum Gasteiger partial charge on any atom is -0.466 e. The predicted molar refractivity (Wildman–Crippen MR) is 118 cm³/mol. The Bertz CT molecular complexity index is 602. The number of esters is 1. The second-order valence-corrected chi connectivity index (χ2v) is 6.39. The summed E-state index contributed by atoms with van der Waals surface area (Å²) in [6.45, 7) is 8.02. The topological polar surface area (TPSA) is 63.2 Å². The number of hydrogen-bond acceptors (Lipinski definition) is 4. The van der Waals surface area contributed by atoms with E-state index in [2.05, 4.69) is 29.3 Å². The van der Waals surface area contributed by atoms with Crippen molar-refractivity contribution in [2.24, 2.45) is 10.9 Å². The molecule has 1 heterocycles. The maximum atomic E-state index is 11.9. The molecule has 0 unspecified atom stereocenters. The molecule has 0 bridgehead atoms. The van der Waals surface area contributed by atoms with Crippen molar-refractivity contribution in [3.05, 3.63) is 35.4 Å². The average molecular weight is 489 g/mol. The SMILES string of the molecule is CCNC(=NCc1ccccc1COC)N1CCC(C(=O)OCC)CC1.I. The van der Waals surface area contributed by atoms with Gasteiger partial charge in [-0.2, -0.15) is 0 Å². The Morgan fingerprint density at radius 1 is 1.22 bits per heavy atom. The molecule has 27 heavy (non-hydrogen) atoms. The van der Waals surface area contributed by atoms with Crippen LogP contribution in [0.4, 0.5) is 0 Å². The lowest BCUT2D eigenvalue weighted by molar-refractivity contribution is -0.149. The van der Waals surface area contributed by atoms with E-state index in [1.807, 2.05) is 19.1 Å². The van der Waals surface area contributed by atoms with Gasteiger partial charge < -0.3 is 19.7 Å². The molecule has 6 nitrogen and oxygen atoms in total. The van der Waals surface area contributed by atoms with Gasteiger partial charge in [-0.3, -0.25) is 4.79 Å². The van der Waals surface area contributed by atoms with Crippen molar-refractivity contribution in [2.75, 3.05) is 33.4 Å². The first kappa shape index (κ1) is 23.7. The van der Waals surface area contributed by atoms with Crippen molar-refractivity contribution >= 4 is 35.9 Å². The van der Waals surface area contributed by atoms with Gasteiger partial charge >= 0.3 is 5.97 Å². The van der Waals surface area contributed by atoms with Gasteiger partial charge in [0.15, 0.2) is 5.96 Å². The van der Waals surface area contributed by atoms with Crippen LogP contribution in [0.1, 0.15) is 37.8 Å². The summed E-state index contributed by atoms with van der Waals surface area (Å²) in [6, 6.07) is 8.22. The summed E-state index contributed by atoms with van der Waals surface area (Å²) in [6.07, 6.45) is 1.62. The van der Waals surface area contributed by atoms with Crippen LogP contribution in [-0.2, 0) is 27.4 Å². The van der Waals surface area contributed by atoms with Crippen LogP contribution in [0.5, 0.6) is 0 Å². The summed E-state index contributed by atoms with van der Waals surface area (Å²) in [7, 11) is 1.71. The highest BCUT2D eigenvalue weighted by Crippen LogP contribution is 2.19. The van der Waals surface area contributed by atoms with Gasteiger partial charge in [0, 0.05) is 26.7 Å². The lowest BCUT2D eigenvalue weighted by Crippen LogP contribution is -2.46. The van der Waals surface area contributed by atoms with Crippen molar-refractivity contribution in [3.8, 4) is 0 Å². The molecule has 1 N–H and O–H groups in total. The summed E-state index contributed by atoms with van der Waals surface area (Å²) in [5, 5.41) is 3.37. The quantitative estimate of drug-likeness (QED) is 0.276. The zero-order chi connectivity index (χ0) is 18.8. The number of likely N-dealkylation sites (tertiary alicyclic amines) is 1. The van der Waals surface area contributed by atoms with Gasteiger partial charge in [0.25, 0.3) is 0 Å². The van der Waals surface area contributed by atoms with Crippen LogP contribution in [0.15, 0.2) is 29.3 Å². The number of piperidine rings is 1. The van der Waals surface area contributed by atoms with Crippen LogP contribution < -0.4 is 5.32 Å². The number of halogens is 1. The number of methoxy groups -OCH3 is 1. The Morgan fingerprint density at radius 2 is 1.89 bits per heavy atom. The monoisotopic (exact) mass is 489 g/mol. The molecular formula is C20H32IN3O3. The summed E-state index contributed by atoms with van der Waals surface area (Å²) >= 11 is 0. The summed E-state index contributed by atoms with van der Waals surface area (Å²) in [4.78, 5) is 19.0. The van der Waals surface area contributed by atoms with Gasteiger partial charge in [-0.05, 0) is 37.8 Å². The smallest absolute Gasteiger partial charge is 0.309 e. The molecule has 1 saturated heterocycles. The standard InChI is InChI=1S/C20H31N3O3.HI/c1-4-21-20(22-14-17-8-6-7-9-18(17)15-25-3)23-12-10-16(11-13-23)19(24)26-5-2;/h6-9,16H,4-5,10-15H2,1-3H3,(H,21,22);1H. The molecule has 1 aliphatic heterocycles.